The SMILES string of the molecule is Cc1nc2c(F)c(SN(C)c3ccc([C@H]4CCC[C@@H](C(=O)Nc5ccc(C(F)(F)F)cc5F)[C@@H]4C(=O)O)cc3)ccc2n1C. The van der Waals surface area contributed by atoms with Gasteiger partial charge >= 0.3 is 12.1 Å². The Morgan fingerprint density at radius 1 is 1.07 bits per heavy atom. The largest absolute Gasteiger partial charge is 0.481 e. The summed E-state index contributed by atoms with van der Waals surface area (Å²) in [4.78, 5) is 30.3. The van der Waals surface area contributed by atoms with Crippen molar-refractivity contribution in [2.45, 2.75) is 43.2 Å². The van der Waals surface area contributed by atoms with Crippen molar-refractivity contribution in [2.24, 2.45) is 18.9 Å². The number of carbonyl (C=O) groups is 2. The molecule has 0 aliphatic heterocycles. The van der Waals surface area contributed by atoms with Crippen LogP contribution in [-0.2, 0) is 22.8 Å². The summed E-state index contributed by atoms with van der Waals surface area (Å²) in [6, 6.07) is 12.4. The molecule has 3 aromatic carbocycles. The van der Waals surface area contributed by atoms with Gasteiger partial charge in [0.25, 0.3) is 0 Å². The average Bonchev–Trinajstić information content (AvgIpc) is 3.28. The van der Waals surface area contributed by atoms with Crippen LogP contribution in [0.4, 0.5) is 33.3 Å². The molecule has 1 fully saturated rings. The van der Waals surface area contributed by atoms with E-state index in [4.69, 9.17) is 0 Å². The molecule has 1 aliphatic rings. The van der Waals surface area contributed by atoms with Crippen LogP contribution in [0.1, 0.15) is 42.1 Å². The molecule has 1 amide bonds. The standard InChI is InChI=1S/C31H29F5N4O3S/c1-16-37-28-24(39(16)2)13-14-25(27(28)33)44-40(3)19-10-7-17(8-11-19)20-5-4-6-21(26(20)30(42)43)29(41)38-23-12-9-18(15-22(23)32)31(34,35)36/h7-15,20-21,26H,4-6H2,1-3H3,(H,38,41)(H,42,43)/t20-,21-,26-/m1/s1. The molecular weight excluding hydrogens is 603 g/mol. The molecule has 1 aliphatic carbocycles. The number of benzene rings is 3. The number of aliphatic carboxylic acids is 1. The number of amides is 1. The summed E-state index contributed by atoms with van der Waals surface area (Å²) in [5, 5.41) is 12.4. The van der Waals surface area contributed by atoms with Crippen molar-refractivity contribution in [2.75, 3.05) is 16.7 Å². The number of imidazole rings is 1. The predicted octanol–water partition coefficient (Wildman–Crippen LogP) is 7.55. The molecule has 3 atom stereocenters. The van der Waals surface area contributed by atoms with Gasteiger partial charge in [0, 0.05) is 19.8 Å². The number of nitrogens with zero attached hydrogens (tertiary/aromatic N) is 3. The Hall–Kier alpha value is -4.13. The lowest BCUT2D eigenvalue weighted by molar-refractivity contribution is -0.148. The van der Waals surface area contributed by atoms with Crippen LogP contribution in [0, 0.1) is 30.4 Å². The van der Waals surface area contributed by atoms with Gasteiger partial charge in [-0.15, -0.1) is 0 Å². The summed E-state index contributed by atoms with van der Waals surface area (Å²) in [7, 11) is 3.59. The second kappa shape index (κ2) is 12.1. The lowest BCUT2D eigenvalue weighted by atomic mass is 9.69. The zero-order valence-corrected chi connectivity index (χ0v) is 24.8. The smallest absolute Gasteiger partial charge is 0.416 e. The lowest BCUT2D eigenvalue weighted by Crippen LogP contribution is -2.40. The molecule has 5 rings (SSSR count). The van der Waals surface area contributed by atoms with Gasteiger partial charge in [-0.25, -0.2) is 13.8 Å². The number of rotatable bonds is 7. The minimum atomic E-state index is -4.75. The molecule has 13 heteroatoms. The van der Waals surface area contributed by atoms with Gasteiger partial charge in [0.1, 0.15) is 17.2 Å². The van der Waals surface area contributed by atoms with Crippen molar-refractivity contribution in [1.29, 1.82) is 0 Å². The zero-order chi connectivity index (χ0) is 31.9. The normalized spacial score (nSPS) is 18.8. The quantitative estimate of drug-likeness (QED) is 0.162. The number of carbonyl (C=O) groups excluding carboxylic acids is 1. The maximum Gasteiger partial charge on any atom is 0.416 e. The zero-order valence-electron chi connectivity index (χ0n) is 24.0. The number of carboxylic acid groups (broad SMARTS) is 1. The summed E-state index contributed by atoms with van der Waals surface area (Å²) in [6.07, 6.45) is -3.51. The second-order valence-electron chi connectivity index (χ2n) is 10.8. The molecule has 1 heterocycles. The van der Waals surface area contributed by atoms with Crippen LogP contribution < -0.4 is 9.62 Å². The third-order valence-corrected chi connectivity index (χ3v) is 9.17. The van der Waals surface area contributed by atoms with Crippen molar-refractivity contribution < 1.29 is 36.6 Å². The Morgan fingerprint density at radius 2 is 1.77 bits per heavy atom. The van der Waals surface area contributed by atoms with Gasteiger partial charge in [-0.1, -0.05) is 18.6 Å². The van der Waals surface area contributed by atoms with Gasteiger partial charge < -0.3 is 19.3 Å². The third kappa shape index (κ3) is 6.10. The molecule has 0 unspecified atom stereocenters. The topological polar surface area (TPSA) is 87.5 Å². The molecule has 44 heavy (non-hydrogen) atoms. The van der Waals surface area contributed by atoms with Gasteiger partial charge in [0.15, 0.2) is 5.82 Å². The molecule has 7 nitrogen and oxygen atoms in total. The molecule has 0 radical (unpaired) electrons. The summed E-state index contributed by atoms with van der Waals surface area (Å²) >= 11 is 1.18. The minimum Gasteiger partial charge on any atom is -0.481 e. The lowest BCUT2D eigenvalue weighted by Gasteiger charge is -2.35. The third-order valence-electron chi connectivity index (χ3n) is 8.17. The van der Waals surface area contributed by atoms with Crippen molar-refractivity contribution in [3.05, 3.63) is 83.2 Å². The van der Waals surface area contributed by atoms with E-state index in [0.717, 1.165) is 11.8 Å². The van der Waals surface area contributed by atoms with Gasteiger partial charge in [0.2, 0.25) is 5.91 Å². The van der Waals surface area contributed by atoms with Crippen LogP contribution in [0.2, 0.25) is 0 Å². The van der Waals surface area contributed by atoms with E-state index in [2.05, 4.69) is 10.3 Å². The highest BCUT2D eigenvalue weighted by Gasteiger charge is 2.43. The summed E-state index contributed by atoms with van der Waals surface area (Å²) in [6.45, 7) is 1.80. The number of halogens is 5. The number of hydrogen-bond acceptors (Lipinski definition) is 5. The summed E-state index contributed by atoms with van der Waals surface area (Å²) in [5.74, 6) is -5.66. The Morgan fingerprint density at radius 3 is 2.41 bits per heavy atom. The first-order valence-electron chi connectivity index (χ1n) is 13.8. The fourth-order valence-corrected chi connectivity index (χ4v) is 6.58. The van der Waals surface area contributed by atoms with E-state index < -0.39 is 58.7 Å². The number of aryl methyl sites for hydroxylation is 2. The highest BCUT2D eigenvalue weighted by atomic mass is 32.2. The van der Waals surface area contributed by atoms with Gasteiger partial charge in [-0.2, -0.15) is 13.2 Å². The molecule has 1 aromatic heterocycles. The molecule has 1 saturated carbocycles. The van der Waals surface area contributed by atoms with Crippen molar-refractivity contribution in [3.63, 3.8) is 0 Å². The van der Waals surface area contributed by atoms with E-state index in [1.165, 1.54) is 11.9 Å². The van der Waals surface area contributed by atoms with Crippen molar-refractivity contribution >= 4 is 46.2 Å². The van der Waals surface area contributed by atoms with Crippen LogP contribution in [0.25, 0.3) is 11.0 Å². The molecule has 0 bridgehead atoms. The van der Waals surface area contributed by atoms with Crippen LogP contribution in [0.3, 0.4) is 0 Å². The van der Waals surface area contributed by atoms with Crippen LogP contribution >= 0.6 is 11.9 Å². The number of aromatic nitrogens is 2. The maximum atomic E-state index is 15.2. The second-order valence-corrected chi connectivity index (χ2v) is 12.0. The molecule has 0 saturated heterocycles. The predicted molar refractivity (Wildman–Crippen MR) is 157 cm³/mol. The average molecular weight is 633 g/mol. The monoisotopic (exact) mass is 632 g/mol. The first-order chi connectivity index (χ1) is 20.8. The Bertz CT molecular complexity index is 1720. The number of anilines is 2. The molecule has 0 spiro atoms. The van der Waals surface area contributed by atoms with Crippen LogP contribution in [0.5, 0.6) is 0 Å². The fourth-order valence-electron chi connectivity index (χ4n) is 5.75. The summed E-state index contributed by atoms with van der Waals surface area (Å²) < 4.78 is 71.9. The van der Waals surface area contributed by atoms with Crippen LogP contribution in [0.15, 0.2) is 59.5 Å². The van der Waals surface area contributed by atoms with Gasteiger partial charge in [-0.3, -0.25) is 9.59 Å². The maximum absolute atomic E-state index is 15.2. The molecule has 232 valence electrons. The Labute approximate surface area is 254 Å². The highest BCUT2D eigenvalue weighted by molar-refractivity contribution is 8.00. The van der Waals surface area contributed by atoms with Gasteiger partial charge in [-0.05, 0) is 85.7 Å². The van der Waals surface area contributed by atoms with E-state index in [1.54, 1.807) is 48.6 Å². The van der Waals surface area contributed by atoms with E-state index in [0.29, 0.717) is 40.7 Å². The number of nitrogens with one attached hydrogen (secondary N) is 1. The van der Waals surface area contributed by atoms with Crippen molar-refractivity contribution in [1.82, 2.24) is 9.55 Å². The highest BCUT2D eigenvalue weighted by Crippen LogP contribution is 2.43. The molecular formula is C31H29F5N4O3S. The van der Waals surface area contributed by atoms with E-state index in [9.17, 15) is 32.3 Å². The van der Waals surface area contributed by atoms with Crippen molar-refractivity contribution in [3.8, 4) is 0 Å². The Balaban J connectivity index is 1.31. The van der Waals surface area contributed by atoms with Gasteiger partial charge in [0.05, 0.1) is 33.5 Å². The van der Waals surface area contributed by atoms with Crippen LogP contribution in [-0.4, -0.2) is 33.6 Å². The number of fused-ring (bicyclic) bond motifs is 1. The molecule has 2 N–H and O–H groups in total. The number of alkyl halides is 3. The van der Waals surface area contributed by atoms with E-state index >= 15 is 4.39 Å². The fraction of sp³-hybridized carbons (Fsp3) is 0.323. The van der Waals surface area contributed by atoms with E-state index in [1.807, 2.05) is 17.7 Å². The van der Waals surface area contributed by atoms with E-state index in [-0.39, 0.29) is 18.0 Å². The first-order valence-corrected chi connectivity index (χ1v) is 14.6. The minimum absolute atomic E-state index is 0.227. The summed E-state index contributed by atoms with van der Waals surface area (Å²) in [5.41, 5.74) is 0.743. The Kier molecular flexibility index (Phi) is 8.61. The molecule has 4 aromatic rings. The number of hydrogen-bond donors (Lipinski definition) is 2. The number of carboxylic acids is 1. The first kappa shape index (κ1) is 31.3.